The van der Waals surface area contributed by atoms with Crippen LogP contribution in [0.3, 0.4) is 0 Å². The van der Waals surface area contributed by atoms with Crippen molar-refractivity contribution in [2.45, 2.75) is 44.2 Å². The molecule has 3 aliphatic rings. The van der Waals surface area contributed by atoms with E-state index in [-0.39, 0.29) is 12.0 Å². The van der Waals surface area contributed by atoms with Gasteiger partial charge in [-0.25, -0.2) is 0 Å². The van der Waals surface area contributed by atoms with Crippen molar-refractivity contribution >= 4 is 5.91 Å². The van der Waals surface area contributed by atoms with Crippen LogP contribution in [0, 0.1) is 5.92 Å². The number of carbonyl (C=O) groups excluding carboxylic acids is 1. The van der Waals surface area contributed by atoms with Crippen LogP contribution in [0.1, 0.15) is 32.1 Å². The van der Waals surface area contributed by atoms with Crippen LogP contribution < -0.4 is 0 Å². The number of nitrogens with zero attached hydrogens (tertiary/aromatic N) is 2. The molecule has 2 aliphatic heterocycles. The van der Waals surface area contributed by atoms with Gasteiger partial charge in [-0.3, -0.25) is 9.69 Å². The van der Waals surface area contributed by atoms with Gasteiger partial charge in [0.1, 0.15) is 0 Å². The van der Waals surface area contributed by atoms with Gasteiger partial charge in [-0.2, -0.15) is 0 Å². The lowest BCUT2D eigenvalue weighted by Crippen LogP contribution is -2.54. The van der Waals surface area contributed by atoms with Crippen molar-refractivity contribution in [1.82, 2.24) is 9.80 Å². The number of aliphatic hydroxyl groups is 1. The molecule has 2 saturated heterocycles. The van der Waals surface area contributed by atoms with E-state index in [0.29, 0.717) is 11.9 Å². The SMILES string of the molecule is O=C(C1CCOCC1)N1CCN([C@H]2CCC[C@H]2O)CC1. The van der Waals surface area contributed by atoms with Gasteiger partial charge in [0.05, 0.1) is 6.10 Å². The van der Waals surface area contributed by atoms with Crippen molar-refractivity contribution in [1.29, 1.82) is 0 Å². The third-order valence-electron chi connectivity index (χ3n) is 5.11. The Bertz CT molecular complexity index is 336. The minimum absolute atomic E-state index is 0.159. The van der Waals surface area contributed by atoms with Crippen molar-refractivity contribution < 1.29 is 14.6 Å². The van der Waals surface area contributed by atoms with Crippen LogP contribution in [0.25, 0.3) is 0 Å². The van der Waals surface area contributed by atoms with Gasteiger partial charge in [0.2, 0.25) is 5.91 Å². The smallest absolute Gasteiger partial charge is 0.225 e. The lowest BCUT2D eigenvalue weighted by molar-refractivity contribution is -0.140. The summed E-state index contributed by atoms with van der Waals surface area (Å²) < 4.78 is 5.33. The zero-order chi connectivity index (χ0) is 13.9. The van der Waals surface area contributed by atoms with E-state index < -0.39 is 0 Å². The fourth-order valence-corrected chi connectivity index (χ4v) is 3.82. The fraction of sp³-hybridized carbons (Fsp3) is 0.933. The van der Waals surface area contributed by atoms with Crippen LogP contribution in [0.2, 0.25) is 0 Å². The first-order valence-electron chi connectivity index (χ1n) is 8.04. The number of aliphatic hydroxyl groups excluding tert-OH is 1. The highest BCUT2D eigenvalue weighted by Crippen LogP contribution is 2.26. The van der Waals surface area contributed by atoms with Crippen LogP contribution in [-0.4, -0.2) is 72.4 Å². The summed E-state index contributed by atoms with van der Waals surface area (Å²) in [5, 5.41) is 9.98. The molecule has 0 aromatic carbocycles. The number of amides is 1. The van der Waals surface area contributed by atoms with Crippen molar-refractivity contribution in [3.05, 3.63) is 0 Å². The summed E-state index contributed by atoms with van der Waals surface area (Å²) in [6.45, 7) is 4.92. The monoisotopic (exact) mass is 282 g/mol. The fourth-order valence-electron chi connectivity index (χ4n) is 3.82. The zero-order valence-corrected chi connectivity index (χ0v) is 12.2. The molecule has 0 aromatic rings. The molecule has 0 radical (unpaired) electrons. The van der Waals surface area contributed by atoms with E-state index >= 15 is 0 Å². The Kier molecular flexibility index (Phi) is 4.58. The number of carbonyl (C=O) groups is 1. The Balaban J connectivity index is 1.49. The highest BCUT2D eigenvalue weighted by atomic mass is 16.5. The van der Waals surface area contributed by atoms with E-state index in [4.69, 9.17) is 4.74 Å². The summed E-state index contributed by atoms with van der Waals surface area (Å²) in [5.74, 6) is 0.493. The summed E-state index contributed by atoms with van der Waals surface area (Å²) in [5.41, 5.74) is 0. The topological polar surface area (TPSA) is 53.0 Å². The molecule has 1 N–H and O–H groups in total. The van der Waals surface area contributed by atoms with Gasteiger partial charge in [-0.1, -0.05) is 0 Å². The largest absolute Gasteiger partial charge is 0.391 e. The van der Waals surface area contributed by atoms with Crippen LogP contribution in [0.15, 0.2) is 0 Å². The Labute approximate surface area is 120 Å². The highest BCUT2D eigenvalue weighted by Gasteiger charge is 2.34. The van der Waals surface area contributed by atoms with E-state index in [1.807, 2.05) is 4.90 Å². The molecule has 2 heterocycles. The number of hydrogen-bond donors (Lipinski definition) is 1. The third kappa shape index (κ3) is 3.00. The first-order chi connectivity index (χ1) is 9.75. The molecule has 5 nitrogen and oxygen atoms in total. The van der Waals surface area contributed by atoms with Gasteiger partial charge in [-0.15, -0.1) is 0 Å². The number of rotatable bonds is 2. The van der Waals surface area contributed by atoms with Gasteiger partial charge in [0.25, 0.3) is 0 Å². The zero-order valence-electron chi connectivity index (χ0n) is 12.2. The van der Waals surface area contributed by atoms with Gasteiger partial charge in [-0.05, 0) is 32.1 Å². The van der Waals surface area contributed by atoms with Crippen molar-refractivity contribution in [2.24, 2.45) is 5.92 Å². The highest BCUT2D eigenvalue weighted by molar-refractivity contribution is 5.79. The minimum Gasteiger partial charge on any atom is -0.391 e. The van der Waals surface area contributed by atoms with E-state index in [1.54, 1.807) is 0 Å². The Morgan fingerprint density at radius 3 is 2.30 bits per heavy atom. The average molecular weight is 282 g/mol. The van der Waals surface area contributed by atoms with E-state index in [2.05, 4.69) is 4.90 Å². The molecule has 5 heteroatoms. The molecule has 0 spiro atoms. The second kappa shape index (κ2) is 6.41. The van der Waals surface area contributed by atoms with Crippen LogP contribution in [0.5, 0.6) is 0 Å². The maximum absolute atomic E-state index is 12.4. The molecular weight excluding hydrogens is 256 g/mol. The summed E-state index contributed by atoms with van der Waals surface area (Å²) in [7, 11) is 0. The molecule has 0 aromatic heterocycles. The molecule has 2 atom stereocenters. The Morgan fingerprint density at radius 1 is 1.00 bits per heavy atom. The van der Waals surface area contributed by atoms with Crippen molar-refractivity contribution in [3.63, 3.8) is 0 Å². The molecule has 1 saturated carbocycles. The van der Waals surface area contributed by atoms with Gasteiger partial charge < -0.3 is 14.7 Å². The second-order valence-corrected chi connectivity index (χ2v) is 6.31. The number of ether oxygens (including phenoxy) is 1. The van der Waals surface area contributed by atoms with Gasteiger partial charge in [0.15, 0.2) is 0 Å². The van der Waals surface area contributed by atoms with Crippen LogP contribution >= 0.6 is 0 Å². The molecule has 20 heavy (non-hydrogen) atoms. The number of hydrogen-bond acceptors (Lipinski definition) is 4. The maximum Gasteiger partial charge on any atom is 0.225 e. The van der Waals surface area contributed by atoms with Crippen LogP contribution in [0.4, 0.5) is 0 Å². The molecular formula is C15H26N2O3. The number of piperazine rings is 1. The van der Waals surface area contributed by atoms with Gasteiger partial charge >= 0.3 is 0 Å². The summed E-state index contributed by atoms with van der Waals surface area (Å²) in [4.78, 5) is 16.8. The Hall–Kier alpha value is -0.650. The summed E-state index contributed by atoms with van der Waals surface area (Å²) >= 11 is 0. The van der Waals surface area contributed by atoms with E-state index in [1.165, 1.54) is 0 Å². The van der Waals surface area contributed by atoms with Crippen molar-refractivity contribution in [2.75, 3.05) is 39.4 Å². The maximum atomic E-state index is 12.4. The molecule has 3 rings (SSSR count). The molecule has 0 unspecified atom stereocenters. The standard InChI is InChI=1S/C15H26N2O3/c18-14-3-1-2-13(14)16-6-8-17(9-7-16)15(19)12-4-10-20-11-5-12/h12-14,18H,1-11H2/t13-,14+/m0/s1. The van der Waals surface area contributed by atoms with Gasteiger partial charge in [0, 0.05) is 51.4 Å². The normalized spacial score (nSPS) is 33.5. The lowest BCUT2D eigenvalue weighted by atomic mass is 9.98. The third-order valence-corrected chi connectivity index (χ3v) is 5.11. The predicted molar refractivity (Wildman–Crippen MR) is 75.3 cm³/mol. The van der Waals surface area contributed by atoms with Crippen molar-refractivity contribution in [3.8, 4) is 0 Å². The molecule has 114 valence electrons. The first-order valence-corrected chi connectivity index (χ1v) is 8.04. The first kappa shape index (κ1) is 14.3. The molecule has 1 aliphatic carbocycles. The minimum atomic E-state index is -0.159. The second-order valence-electron chi connectivity index (χ2n) is 6.31. The van der Waals surface area contributed by atoms with Crippen LogP contribution in [-0.2, 0) is 9.53 Å². The average Bonchev–Trinajstić information content (AvgIpc) is 2.94. The molecule has 1 amide bonds. The summed E-state index contributed by atoms with van der Waals surface area (Å²) in [6, 6.07) is 0.329. The van der Waals surface area contributed by atoms with E-state index in [0.717, 1.165) is 71.5 Å². The Morgan fingerprint density at radius 2 is 1.70 bits per heavy atom. The lowest BCUT2D eigenvalue weighted by Gasteiger charge is -2.40. The molecule has 0 bridgehead atoms. The predicted octanol–water partition coefficient (Wildman–Crippen LogP) is 0.471. The van der Waals surface area contributed by atoms with E-state index in [9.17, 15) is 9.90 Å². The summed E-state index contributed by atoms with van der Waals surface area (Å²) in [6.07, 6.45) is 4.77. The quantitative estimate of drug-likeness (QED) is 0.800. The molecule has 3 fully saturated rings.